The van der Waals surface area contributed by atoms with Crippen LogP contribution < -0.4 is 9.47 Å². The number of phenols is 1. The SMILES string of the molecule is Oc1cccc(C2CN(Cc3cccc4c3OCO4)Cc3[nH]cnc32)c1. The molecule has 0 radical (unpaired) electrons. The Labute approximate surface area is 151 Å². The number of imidazole rings is 1. The van der Waals surface area contributed by atoms with Crippen molar-refractivity contribution >= 4 is 0 Å². The molecule has 0 aliphatic carbocycles. The van der Waals surface area contributed by atoms with Gasteiger partial charge in [0.2, 0.25) is 6.79 Å². The van der Waals surface area contributed by atoms with E-state index in [1.807, 2.05) is 30.3 Å². The summed E-state index contributed by atoms with van der Waals surface area (Å²) in [6, 6.07) is 13.5. The third-order valence-corrected chi connectivity index (χ3v) is 5.05. The van der Waals surface area contributed by atoms with Gasteiger partial charge >= 0.3 is 0 Å². The van der Waals surface area contributed by atoms with Gasteiger partial charge in [-0.05, 0) is 23.8 Å². The van der Waals surface area contributed by atoms with Gasteiger partial charge in [0.25, 0.3) is 0 Å². The molecule has 0 saturated heterocycles. The van der Waals surface area contributed by atoms with E-state index < -0.39 is 0 Å². The Balaban J connectivity index is 1.46. The van der Waals surface area contributed by atoms with Crippen molar-refractivity contribution in [3.63, 3.8) is 0 Å². The van der Waals surface area contributed by atoms with Gasteiger partial charge in [0.15, 0.2) is 11.5 Å². The first-order chi connectivity index (χ1) is 12.8. The number of aromatic hydroxyl groups is 1. The summed E-state index contributed by atoms with van der Waals surface area (Å²) in [5.41, 5.74) is 4.37. The van der Waals surface area contributed by atoms with Gasteiger partial charge in [-0.3, -0.25) is 4.90 Å². The molecule has 3 aromatic rings. The summed E-state index contributed by atoms with van der Waals surface area (Å²) in [5.74, 6) is 2.05. The topological polar surface area (TPSA) is 70.6 Å². The first-order valence-electron chi connectivity index (χ1n) is 8.69. The Morgan fingerprint density at radius 1 is 1.19 bits per heavy atom. The number of H-pyrrole nitrogens is 1. The minimum Gasteiger partial charge on any atom is -0.508 e. The molecule has 0 bridgehead atoms. The van der Waals surface area contributed by atoms with E-state index in [4.69, 9.17) is 9.47 Å². The molecule has 0 spiro atoms. The van der Waals surface area contributed by atoms with E-state index in [0.29, 0.717) is 0 Å². The van der Waals surface area contributed by atoms with Crippen LogP contribution in [0.2, 0.25) is 0 Å². The lowest BCUT2D eigenvalue weighted by atomic mass is 9.90. The van der Waals surface area contributed by atoms with Crippen LogP contribution in [0.4, 0.5) is 0 Å². The third kappa shape index (κ3) is 2.59. The van der Waals surface area contributed by atoms with Crippen LogP contribution in [0.25, 0.3) is 0 Å². The highest BCUT2D eigenvalue weighted by molar-refractivity contribution is 5.48. The van der Waals surface area contributed by atoms with Gasteiger partial charge in [0.1, 0.15) is 5.75 Å². The van der Waals surface area contributed by atoms with Crippen molar-refractivity contribution in [3.05, 3.63) is 71.3 Å². The van der Waals surface area contributed by atoms with Crippen molar-refractivity contribution in [2.45, 2.75) is 19.0 Å². The summed E-state index contributed by atoms with van der Waals surface area (Å²) in [6.07, 6.45) is 1.75. The Morgan fingerprint density at radius 2 is 2.12 bits per heavy atom. The number of rotatable bonds is 3. The lowest BCUT2D eigenvalue weighted by Crippen LogP contribution is -2.33. The van der Waals surface area contributed by atoms with Crippen LogP contribution in [0.1, 0.15) is 28.4 Å². The molecule has 5 rings (SSSR count). The molecular weight excluding hydrogens is 330 g/mol. The highest BCUT2D eigenvalue weighted by atomic mass is 16.7. The van der Waals surface area contributed by atoms with E-state index in [1.165, 1.54) is 0 Å². The average molecular weight is 349 g/mol. The smallest absolute Gasteiger partial charge is 0.231 e. The second kappa shape index (κ2) is 6.07. The minimum absolute atomic E-state index is 0.117. The zero-order valence-electron chi connectivity index (χ0n) is 14.2. The summed E-state index contributed by atoms with van der Waals surface area (Å²) in [6.45, 7) is 2.67. The summed E-state index contributed by atoms with van der Waals surface area (Å²) < 4.78 is 11.1. The van der Waals surface area contributed by atoms with Gasteiger partial charge in [-0.2, -0.15) is 0 Å². The lowest BCUT2D eigenvalue weighted by molar-refractivity contribution is 0.170. The van der Waals surface area contributed by atoms with Gasteiger partial charge in [-0.1, -0.05) is 24.3 Å². The molecule has 1 aromatic heterocycles. The molecule has 2 aliphatic heterocycles. The quantitative estimate of drug-likeness (QED) is 0.761. The number of phenolic OH excluding ortho intramolecular Hbond substituents is 1. The monoisotopic (exact) mass is 349 g/mol. The molecular formula is C20H19N3O3. The van der Waals surface area contributed by atoms with Gasteiger partial charge < -0.3 is 19.6 Å². The van der Waals surface area contributed by atoms with Crippen LogP contribution >= 0.6 is 0 Å². The van der Waals surface area contributed by atoms with Crippen molar-refractivity contribution in [1.82, 2.24) is 14.9 Å². The number of aromatic nitrogens is 2. The molecule has 2 aliphatic rings. The molecule has 1 atom stereocenters. The van der Waals surface area contributed by atoms with Crippen molar-refractivity contribution in [1.29, 1.82) is 0 Å². The van der Waals surface area contributed by atoms with E-state index in [1.54, 1.807) is 12.4 Å². The Morgan fingerprint density at radius 3 is 3.04 bits per heavy atom. The summed E-state index contributed by atoms with van der Waals surface area (Å²) in [7, 11) is 0. The van der Waals surface area contributed by atoms with Gasteiger partial charge in [0, 0.05) is 31.1 Å². The standard InChI is InChI=1S/C20H19N3O3/c24-15-5-1-3-13(7-15)16-9-23(10-17-19(16)22-11-21-17)8-14-4-2-6-18-20(14)26-12-25-18/h1-7,11,16,24H,8-10,12H2,(H,21,22). The number of benzene rings is 2. The van der Waals surface area contributed by atoms with Gasteiger partial charge in [0.05, 0.1) is 17.7 Å². The van der Waals surface area contributed by atoms with E-state index in [0.717, 1.165) is 53.6 Å². The highest BCUT2D eigenvalue weighted by Crippen LogP contribution is 2.38. The van der Waals surface area contributed by atoms with E-state index >= 15 is 0 Å². The van der Waals surface area contributed by atoms with Crippen molar-refractivity contribution in [3.8, 4) is 17.2 Å². The molecule has 1 unspecified atom stereocenters. The number of aromatic amines is 1. The second-order valence-corrected chi connectivity index (χ2v) is 6.73. The fourth-order valence-electron chi connectivity index (χ4n) is 3.87. The van der Waals surface area contributed by atoms with E-state index in [2.05, 4.69) is 20.9 Å². The van der Waals surface area contributed by atoms with Crippen LogP contribution in [0.15, 0.2) is 48.8 Å². The fraction of sp³-hybridized carbons (Fsp3) is 0.250. The van der Waals surface area contributed by atoms with Crippen molar-refractivity contribution in [2.75, 3.05) is 13.3 Å². The summed E-state index contributed by atoms with van der Waals surface area (Å²) >= 11 is 0. The number of nitrogens with one attached hydrogen (secondary N) is 1. The first-order valence-corrected chi connectivity index (χ1v) is 8.69. The molecule has 132 valence electrons. The van der Waals surface area contributed by atoms with Gasteiger partial charge in [-0.25, -0.2) is 4.98 Å². The lowest BCUT2D eigenvalue weighted by Gasteiger charge is -2.32. The maximum Gasteiger partial charge on any atom is 0.231 e. The molecule has 6 heteroatoms. The number of ether oxygens (including phenoxy) is 2. The predicted molar refractivity (Wildman–Crippen MR) is 95.2 cm³/mol. The summed E-state index contributed by atoms with van der Waals surface area (Å²) in [4.78, 5) is 10.2. The maximum atomic E-state index is 9.88. The van der Waals surface area contributed by atoms with E-state index in [9.17, 15) is 5.11 Å². The molecule has 26 heavy (non-hydrogen) atoms. The van der Waals surface area contributed by atoms with Crippen LogP contribution in [0.5, 0.6) is 17.2 Å². The summed E-state index contributed by atoms with van der Waals surface area (Å²) in [5, 5.41) is 9.88. The Hall–Kier alpha value is -2.99. The number of hydrogen-bond acceptors (Lipinski definition) is 5. The highest BCUT2D eigenvalue weighted by Gasteiger charge is 2.30. The molecule has 3 heterocycles. The zero-order valence-corrected chi connectivity index (χ0v) is 14.2. The Bertz CT molecular complexity index is 953. The minimum atomic E-state index is 0.117. The number of fused-ring (bicyclic) bond motifs is 2. The normalized spacial score (nSPS) is 18.7. The largest absolute Gasteiger partial charge is 0.508 e. The number of para-hydroxylation sites is 1. The molecule has 6 nitrogen and oxygen atoms in total. The molecule has 2 aromatic carbocycles. The average Bonchev–Trinajstić information content (AvgIpc) is 3.30. The van der Waals surface area contributed by atoms with Crippen LogP contribution in [-0.4, -0.2) is 33.3 Å². The third-order valence-electron chi connectivity index (χ3n) is 5.05. The first kappa shape index (κ1) is 15.3. The Kier molecular flexibility index (Phi) is 3.57. The second-order valence-electron chi connectivity index (χ2n) is 6.73. The van der Waals surface area contributed by atoms with Crippen LogP contribution in [-0.2, 0) is 13.1 Å². The zero-order chi connectivity index (χ0) is 17.5. The fourth-order valence-corrected chi connectivity index (χ4v) is 3.87. The molecule has 0 saturated carbocycles. The van der Waals surface area contributed by atoms with Crippen LogP contribution in [0, 0.1) is 0 Å². The van der Waals surface area contributed by atoms with Crippen molar-refractivity contribution in [2.24, 2.45) is 0 Å². The molecule has 0 amide bonds. The molecule has 2 N–H and O–H groups in total. The maximum absolute atomic E-state index is 9.88. The predicted octanol–water partition coefficient (Wildman–Crippen LogP) is 2.99. The molecule has 0 fully saturated rings. The van der Waals surface area contributed by atoms with Gasteiger partial charge in [-0.15, -0.1) is 0 Å². The number of hydrogen-bond donors (Lipinski definition) is 2. The van der Waals surface area contributed by atoms with Crippen molar-refractivity contribution < 1.29 is 14.6 Å². The van der Waals surface area contributed by atoms with Crippen LogP contribution in [0.3, 0.4) is 0 Å². The van der Waals surface area contributed by atoms with E-state index in [-0.39, 0.29) is 18.5 Å². The number of nitrogens with zero attached hydrogens (tertiary/aromatic N) is 2.